The lowest BCUT2D eigenvalue weighted by molar-refractivity contribution is -0.118. The predicted molar refractivity (Wildman–Crippen MR) is 120 cm³/mol. The normalized spacial score (nSPS) is 10.5. The number of hydrogen-bond acceptors (Lipinski definition) is 5. The van der Waals surface area contributed by atoms with Gasteiger partial charge in [0.2, 0.25) is 11.8 Å². The summed E-state index contributed by atoms with van der Waals surface area (Å²) in [5.41, 5.74) is 2.91. The van der Waals surface area contributed by atoms with Crippen LogP contribution in [0.5, 0.6) is 0 Å². The molecule has 0 aliphatic carbocycles. The molecule has 1 heterocycles. The molecule has 0 bridgehead atoms. The summed E-state index contributed by atoms with van der Waals surface area (Å²) in [6.07, 6.45) is 2.10. The van der Waals surface area contributed by atoms with Crippen molar-refractivity contribution < 1.29 is 9.59 Å². The Morgan fingerprint density at radius 3 is 2.38 bits per heavy atom. The Morgan fingerprint density at radius 2 is 1.69 bits per heavy atom. The van der Waals surface area contributed by atoms with E-state index in [2.05, 4.69) is 27.8 Å². The van der Waals surface area contributed by atoms with Crippen LogP contribution in [0.1, 0.15) is 18.4 Å². The smallest absolute Gasteiger partial charge is 0.230 e. The Labute approximate surface area is 179 Å². The van der Waals surface area contributed by atoms with Crippen LogP contribution in [0.2, 0.25) is 0 Å². The quantitative estimate of drug-likeness (QED) is 0.491. The number of thiazole rings is 1. The third-order valence-corrected chi connectivity index (χ3v) is 6.34. The van der Waals surface area contributed by atoms with Gasteiger partial charge in [-0.05, 0) is 18.4 Å². The van der Waals surface area contributed by atoms with E-state index in [0.717, 1.165) is 33.4 Å². The van der Waals surface area contributed by atoms with E-state index in [1.54, 1.807) is 7.05 Å². The average Bonchev–Trinajstić information content (AvgIpc) is 3.16. The minimum Gasteiger partial charge on any atom is -0.358 e. The number of nitrogens with zero attached hydrogens (tertiary/aromatic N) is 1. The molecule has 2 N–H and O–H groups in total. The van der Waals surface area contributed by atoms with Crippen LogP contribution < -0.4 is 10.6 Å². The number of aryl methyl sites for hydroxylation is 1. The van der Waals surface area contributed by atoms with Gasteiger partial charge in [-0.1, -0.05) is 83.8 Å². The van der Waals surface area contributed by atoms with E-state index in [1.807, 2.05) is 48.5 Å². The van der Waals surface area contributed by atoms with Crippen LogP contribution in [-0.2, 0) is 16.0 Å². The van der Waals surface area contributed by atoms with Crippen molar-refractivity contribution in [3.05, 3.63) is 66.2 Å². The van der Waals surface area contributed by atoms with Crippen LogP contribution in [0.25, 0.3) is 11.3 Å². The largest absolute Gasteiger partial charge is 0.358 e. The maximum Gasteiger partial charge on any atom is 0.230 e. The topological polar surface area (TPSA) is 71.1 Å². The fourth-order valence-corrected chi connectivity index (χ4v) is 4.68. The number of carbonyl (C=O) groups excluding carboxylic acids is 2. The molecule has 0 aliphatic rings. The molecule has 3 aromatic rings. The summed E-state index contributed by atoms with van der Waals surface area (Å²) in [7, 11) is 1.61. The molecular weight excluding hydrogens is 402 g/mol. The highest BCUT2D eigenvalue weighted by Gasteiger charge is 2.16. The number of aromatic nitrogens is 1. The van der Waals surface area contributed by atoms with Crippen LogP contribution in [0.4, 0.5) is 5.00 Å². The third kappa shape index (κ3) is 6.44. The average molecular weight is 426 g/mol. The number of thioether (sulfide) groups is 1. The van der Waals surface area contributed by atoms with Crippen LogP contribution in [-0.4, -0.2) is 29.6 Å². The summed E-state index contributed by atoms with van der Waals surface area (Å²) in [6.45, 7) is 0. The van der Waals surface area contributed by atoms with Gasteiger partial charge < -0.3 is 10.6 Å². The van der Waals surface area contributed by atoms with E-state index >= 15 is 0 Å². The molecule has 7 heteroatoms. The van der Waals surface area contributed by atoms with Crippen molar-refractivity contribution in [3.63, 3.8) is 0 Å². The minimum absolute atomic E-state index is 0.0235. The van der Waals surface area contributed by atoms with Crippen molar-refractivity contribution in [1.29, 1.82) is 0 Å². The Bertz CT molecular complexity index is 943. The van der Waals surface area contributed by atoms with Gasteiger partial charge in [-0.15, -0.1) is 0 Å². The van der Waals surface area contributed by atoms with E-state index in [0.29, 0.717) is 12.2 Å². The molecule has 150 valence electrons. The van der Waals surface area contributed by atoms with Gasteiger partial charge in [-0.25, -0.2) is 4.98 Å². The van der Waals surface area contributed by atoms with Gasteiger partial charge in [-0.2, -0.15) is 0 Å². The fourth-order valence-electron chi connectivity index (χ4n) is 2.72. The van der Waals surface area contributed by atoms with Gasteiger partial charge in [0, 0.05) is 19.0 Å². The summed E-state index contributed by atoms with van der Waals surface area (Å²) in [5.74, 6) is 0.213. The van der Waals surface area contributed by atoms with E-state index in [-0.39, 0.29) is 11.8 Å². The van der Waals surface area contributed by atoms with Crippen LogP contribution in [0.15, 0.2) is 65.0 Å². The first-order chi connectivity index (χ1) is 14.2. The van der Waals surface area contributed by atoms with Crippen LogP contribution in [0, 0.1) is 0 Å². The Balaban J connectivity index is 1.66. The highest BCUT2D eigenvalue weighted by molar-refractivity contribution is 8.01. The molecule has 2 amide bonds. The minimum atomic E-state index is -0.0574. The number of anilines is 1. The van der Waals surface area contributed by atoms with Crippen molar-refractivity contribution in [2.75, 3.05) is 18.1 Å². The molecule has 0 unspecified atom stereocenters. The maximum atomic E-state index is 12.5. The van der Waals surface area contributed by atoms with Gasteiger partial charge in [0.25, 0.3) is 0 Å². The molecule has 0 radical (unpaired) electrons. The number of rotatable bonds is 9. The van der Waals surface area contributed by atoms with Crippen molar-refractivity contribution in [2.24, 2.45) is 0 Å². The zero-order valence-corrected chi connectivity index (χ0v) is 17.8. The number of hydrogen-bond donors (Lipinski definition) is 2. The maximum absolute atomic E-state index is 12.5. The first-order valence-corrected chi connectivity index (χ1v) is 11.2. The summed E-state index contributed by atoms with van der Waals surface area (Å²) >= 11 is 2.77. The standard InChI is InChI=1S/C22H23N3O2S2/c1-23-19(27)15-28-22-25-20(17-12-6-3-7-13-17)21(29-22)24-18(26)14-8-11-16-9-4-2-5-10-16/h2-7,9-10,12-13H,8,11,14-15H2,1H3,(H,23,27)(H,24,26). The lowest BCUT2D eigenvalue weighted by atomic mass is 10.1. The Morgan fingerprint density at radius 1 is 1.00 bits per heavy atom. The number of amides is 2. The first kappa shape index (κ1) is 21.1. The number of carbonyl (C=O) groups is 2. The van der Waals surface area contributed by atoms with Crippen molar-refractivity contribution in [3.8, 4) is 11.3 Å². The summed E-state index contributed by atoms with van der Waals surface area (Å²) < 4.78 is 0.757. The molecule has 5 nitrogen and oxygen atoms in total. The molecule has 3 rings (SSSR count). The zero-order valence-electron chi connectivity index (χ0n) is 16.2. The van der Waals surface area contributed by atoms with E-state index in [4.69, 9.17) is 0 Å². The first-order valence-electron chi connectivity index (χ1n) is 9.39. The van der Waals surface area contributed by atoms with Gasteiger partial charge >= 0.3 is 0 Å². The van der Waals surface area contributed by atoms with Crippen molar-refractivity contribution >= 4 is 39.9 Å². The number of nitrogens with one attached hydrogen (secondary N) is 2. The predicted octanol–water partition coefficient (Wildman–Crippen LogP) is 4.61. The molecule has 0 aliphatic heterocycles. The summed E-state index contributed by atoms with van der Waals surface area (Å²) in [6, 6.07) is 19.9. The molecule has 0 saturated heterocycles. The summed E-state index contributed by atoms with van der Waals surface area (Å²) in [4.78, 5) is 28.7. The lowest BCUT2D eigenvalue weighted by Gasteiger charge is -2.05. The fraction of sp³-hybridized carbons (Fsp3) is 0.227. The third-order valence-electron chi connectivity index (χ3n) is 4.23. The molecule has 0 atom stereocenters. The van der Waals surface area contributed by atoms with Crippen molar-refractivity contribution in [1.82, 2.24) is 10.3 Å². The van der Waals surface area contributed by atoms with Crippen LogP contribution in [0.3, 0.4) is 0 Å². The second-order valence-corrected chi connectivity index (χ2v) is 8.59. The Hall–Kier alpha value is -2.64. The molecule has 0 fully saturated rings. The van der Waals surface area contributed by atoms with Crippen LogP contribution >= 0.6 is 23.1 Å². The van der Waals surface area contributed by atoms with Gasteiger partial charge in [0.15, 0.2) is 4.34 Å². The second-order valence-electron chi connectivity index (χ2n) is 6.37. The van der Waals surface area contributed by atoms with E-state index < -0.39 is 0 Å². The summed E-state index contributed by atoms with van der Waals surface area (Å²) in [5, 5.41) is 6.35. The molecule has 29 heavy (non-hydrogen) atoms. The zero-order chi connectivity index (χ0) is 20.5. The Kier molecular flexibility index (Phi) is 7.84. The van der Waals surface area contributed by atoms with Gasteiger partial charge in [0.1, 0.15) is 10.7 Å². The van der Waals surface area contributed by atoms with Gasteiger partial charge in [0.05, 0.1) is 5.75 Å². The number of benzene rings is 2. The molecular formula is C22H23N3O2S2. The molecule has 2 aromatic carbocycles. The molecule has 0 spiro atoms. The molecule has 1 aromatic heterocycles. The molecule has 0 saturated carbocycles. The van der Waals surface area contributed by atoms with E-state index in [1.165, 1.54) is 28.7 Å². The SMILES string of the molecule is CNC(=O)CSc1nc(-c2ccccc2)c(NC(=O)CCCc2ccccc2)s1. The second kappa shape index (κ2) is 10.8. The highest BCUT2D eigenvalue weighted by Crippen LogP contribution is 2.37. The monoisotopic (exact) mass is 425 g/mol. The lowest BCUT2D eigenvalue weighted by Crippen LogP contribution is -2.19. The highest BCUT2D eigenvalue weighted by atomic mass is 32.2. The van der Waals surface area contributed by atoms with Gasteiger partial charge in [-0.3, -0.25) is 9.59 Å². The van der Waals surface area contributed by atoms with E-state index in [9.17, 15) is 9.59 Å². The van der Waals surface area contributed by atoms with Crippen molar-refractivity contribution in [2.45, 2.75) is 23.6 Å².